The Morgan fingerprint density at radius 1 is 0.925 bits per heavy atom. The third-order valence-electron chi connectivity index (χ3n) is 5.64. The zero-order valence-electron chi connectivity index (χ0n) is 24.1. The first-order valence-electron chi connectivity index (χ1n) is 13.1. The van der Waals surface area contributed by atoms with Crippen molar-refractivity contribution in [2.45, 2.75) is 78.7 Å². The Morgan fingerprint density at radius 3 is 2.27 bits per heavy atom. The van der Waals surface area contributed by atoms with Crippen LogP contribution >= 0.6 is 0 Å². The number of halogens is 1. The van der Waals surface area contributed by atoms with Crippen LogP contribution < -0.4 is 10.1 Å². The van der Waals surface area contributed by atoms with E-state index in [9.17, 15) is 14.7 Å². The van der Waals surface area contributed by atoms with Crippen LogP contribution in [0, 0.1) is 5.82 Å². The molecule has 0 saturated carbocycles. The quantitative estimate of drug-likeness (QED) is 0.287. The lowest BCUT2D eigenvalue weighted by Gasteiger charge is -2.22. The number of phenolic OH excluding ortho intramolecular Hbond substituents is 1. The number of benzene rings is 3. The average molecular weight is 552 g/mol. The van der Waals surface area contributed by atoms with E-state index < -0.39 is 29.2 Å². The van der Waals surface area contributed by atoms with Gasteiger partial charge >= 0.3 is 12.1 Å². The number of hydrogen-bond donors (Lipinski definition) is 2. The van der Waals surface area contributed by atoms with Gasteiger partial charge in [-0.25, -0.2) is 9.18 Å². The Balaban J connectivity index is 1.79. The zero-order valence-corrected chi connectivity index (χ0v) is 24.1. The van der Waals surface area contributed by atoms with E-state index >= 15 is 4.39 Å². The molecule has 3 aromatic carbocycles. The predicted molar refractivity (Wildman–Crippen MR) is 152 cm³/mol. The van der Waals surface area contributed by atoms with Crippen molar-refractivity contribution >= 4 is 12.1 Å². The maximum Gasteiger partial charge on any atom is 0.408 e. The number of nitrogens with one attached hydrogen (secondary N) is 1. The van der Waals surface area contributed by atoms with Gasteiger partial charge in [0.2, 0.25) is 0 Å². The van der Waals surface area contributed by atoms with Crippen molar-refractivity contribution in [3.8, 4) is 22.6 Å². The summed E-state index contributed by atoms with van der Waals surface area (Å²) < 4.78 is 32.4. The lowest BCUT2D eigenvalue weighted by atomic mass is 9.97. The van der Waals surface area contributed by atoms with Gasteiger partial charge in [0, 0.05) is 16.7 Å². The smallest absolute Gasteiger partial charge is 0.408 e. The van der Waals surface area contributed by atoms with Gasteiger partial charge in [-0.3, -0.25) is 4.79 Å². The molecule has 3 aromatic rings. The molecule has 0 aliphatic heterocycles. The van der Waals surface area contributed by atoms with Crippen LogP contribution in [0.5, 0.6) is 11.5 Å². The summed E-state index contributed by atoms with van der Waals surface area (Å²) >= 11 is 0. The van der Waals surface area contributed by atoms with Crippen LogP contribution in [0.1, 0.15) is 71.2 Å². The second-order valence-corrected chi connectivity index (χ2v) is 11.6. The summed E-state index contributed by atoms with van der Waals surface area (Å²) in [5.41, 5.74) is 0.985. The SMILES string of the molecule is CC(NC(=O)OC(C)(C)C)c1cccc(-c2cc(O)cc(COc3ccccc3CC(=O)OC(C)(C)C)c2)c1F. The summed E-state index contributed by atoms with van der Waals surface area (Å²) in [6.45, 7) is 12.4. The van der Waals surface area contributed by atoms with Crippen molar-refractivity contribution in [3.63, 3.8) is 0 Å². The van der Waals surface area contributed by atoms with Crippen molar-refractivity contribution in [2.75, 3.05) is 0 Å². The van der Waals surface area contributed by atoms with Gasteiger partial charge in [-0.1, -0.05) is 36.4 Å². The minimum absolute atomic E-state index is 0.0479. The summed E-state index contributed by atoms with van der Waals surface area (Å²) in [5.74, 6) is -0.434. The molecular weight excluding hydrogens is 513 g/mol. The molecule has 0 saturated heterocycles. The molecule has 7 nitrogen and oxygen atoms in total. The van der Waals surface area contributed by atoms with Crippen molar-refractivity contribution in [2.24, 2.45) is 0 Å². The van der Waals surface area contributed by atoms with Crippen LogP contribution in [-0.2, 0) is 27.3 Å². The minimum Gasteiger partial charge on any atom is -0.508 e. The second kappa shape index (κ2) is 12.4. The standard InChI is InChI=1S/C32H38FNO6/c1-20(34-30(37)40-32(5,6)7)25-12-10-13-26(29(25)33)23-15-21(16-24(35)17-23)19-38-27-14-9-8-11-22(27)18-28(36)39-31(2,3)4/h8-17,20,35H,18-19H2,1-7H3,(H,34,37). The van der Waals surface area contributed by atoms with Crippen LogP contribution in [0.25, 0.3) is 11.1 Å². The molecule has 0 aliphatic rings. The summed E-state index contributed by atoms with van der Waals surface area (Å²) in [6, 6.07) is 16.1. The van der Waals surface area contributed by atoms with Gasteiger partial charge in [-0.2, -0.15) is 0 Å². The Kier molecular flexibility index (Phi) is 9.45. The van der Waals surface area contributed by atoms with Crippen LogP contribution in [0.2, 0.25) is 0 Å². The zero-order chi connectivity index (χ0) is 29.7. The van der Waals surface area contributed by atoms with Gasteiger partial charge in [0.1, 0.15) is 35.1 Å². The molecule has 0 heterocycles. The summed E-state index contributed by atoms with van der Waals surface area (Å²) in [4.78, 5) is 24.6. The van der Waals surface area contributed by atoms with E-state index in [4.69, 9.17) is 14.2 Å². The number of carbonyl (C=O) groups is 2. The molecule has 0 aromatic heterocycles. The second-order valence-electron chi connectivity index (χ2n) is 11.6. The Hall–Kier alpha value is -4.07. The molecule has 0 fully saturated rings. The highest BCUT2D eigenvalue weighted by molar-refractivity contribution is 5.74. The Labute approximate surface area is 235 Å². The maximum atomic E-state index is 15.7. The van der Waals surface area contributed by atoms with Gasteiger partial charge in [-0.15, -0.1) is 0 Å². The summed E-state index contributed by atoms with van der Waals surface area (Å²) in [6.07, 6.45) is -0.597. The van der Waals surface area contributed by atoms with Gasteiger partial charge < -0.3 is 24.6 Å². The number of para-hydroxylation sites is 1. The summed E-state index contributed by atoms with van der Waals surface area (Å²) in [5, 5.41) is 13.1. The van der Waals surface area contributed by atoms with Gasteiger partial charge in [-0.05, 0) is 83.9 Å². The minimum atomic E-state index is -0.680. The number of amides is 1. The average Bonchev–Trinajstić information content (AvgIpc) is 2.80. The van der Waals surface area contributed by atoms with Crippen molar-refractivity contribution in [3.05, 3.63) is 83.2 Å². The van der Waals surface area contributed by atoms with Gasteiger partial charge in [0.25, 0.3) is 0 Å². The molecule has 1 amide bonds. The highest BCUT2D eigenvalue weighted by Gasteiger charge is 2.22. The van der Waals surface area contributed by atoms with E-state index in [-0.39, 0.29) is 35.9 Å². The van der Waals surface area contributed by atoms with Gasteiger partial charge in [0.15, 0.2) is 0 Å². The molecular formula is C32H38FNO6. The first-order valence-corrected chi connectivity index (χ1v) is 13.1. The van der Waals surface area contributed by atoms with Crippen molar-refractivity contribution in [1.29, 1.82) is 0 Å². The molecule has 1 unspecified atom stereocenters. The number of alkyl carbamates (subject to hydrolysis) is 1. The largest absolute Gasteiger partial charge is 0.508 e. The van der Waals surface area contributed by atoms with E-state index in [0.29, 0.717) is 22.4 Å². The number of rotatable bonds is 8. The van der Waals surface area contributed by atoms with E-state index in [2.05, 4.69) is 5.32 Å². The van der Waals surface area contributed by atoms with E-state index in [1.165, 1.54) is 12.1 Å². The molecule has 1 atom stereocenters. The van der Waals surface area contributed by atoms with Crippen molar-refractivity contribution < 1.29 is 33.3 Å². The Morgan fingerprint density at radius 2 is 1.60 bits per heavy atom. The maximum absolute atomic E-state index is 15.7. The molecule has 8 heteroatoms. The first-order chi connectivity index (χ1) is 18.6. The monoisotopic (exact) mass is 551 g/mol. The van der Waals surface area contributed by atoms with Crippen molar-refractivity contribution in [1.82, 2.24) is 5.32 Å². The highest BCUT2D eigenvalue weighted by Crippen LogP contribution is 2.32. The number of phenols is 1. The van der Waals surface area contributed by atoms with E-state index in [0.717, 1.165) is 0 Å². The number of ether oxygens (including phenoxy) is 3. The van der Waals surface area contributed by atoms with Crippen LogP contribution in [0.3, 0.4) is 0 Å². The number of carbonyl (C=O) groups excluding carboxylic acids is 2. The molecule has 0 aliphatic carbocycles. The van der Waals surface area contributed by atoms with E-state index in [1.54, 1.807) is 70.2 Å². The summed E-state index contributed by atoms with van der Waals surface area (Å²) in [7, 11) is 0. The highest BCUT2D eigenvalue weighted by atomic mass is 19.1. The fourth-order valence-corrected chi connectivity index (χ4v) is 4.07. The topological polar surface area (TPSA) is 94.1 Å². The normalized spacial score (nSPS) is 12.4. The number of aromatic hydroxyl groups is 1. The molecule has 0 spiro atoms. The molecule has 40 heavy (non-hydrogen) atoms. The first kappa shape index (κ1) is 30.5. The Bertz CT molecular complexity index is 1360. The van der Waals surface area contributed by atoms with Crippen LogP contribution in [0.15, 0.2) is 60.7 Å². The molecule has 2 N–H and O–H groups in total. The lowest BCUT2D eigenvalue weighted by molar-refractivity contribution is -0.153. The van der Waals surface area contributed by atoms with Crippen LogP contribution in [0.4, 0.5) is 9.18 Å². The molecule has 3 rings (SSSR count). The number of esters is 1. The predicted octanol–water partition coefficient (Wildman–Crippen LogP) is 7.25. The third kappa shape index (κ3) is 9.00. The molecule has 0 bridgehead atoms. The van der Waals surface area contributed by atoms with Gasteiger partial charge in [0.05, 0.1) is 12.5 Å². The molecule has 214 valence electrons. The van der Waals surface area contributed by atoms with E-state index in [1.807, 2.05) is 26.8 Å². The fraction of sp³-hybridized carbons (Fsp3) is 0.375. The third-order valence-corrected chi connectivity index (χ3v) is 5.64. The number of hydrogen-bond acceptors (Lipinski definition) is 6. The molecule has 0 radical (unpaired) electrons. The fourth-order valence-electron chi connectivity index (χ4n) is 4.07. The van der Waals surface area contributed by atoms with Crippen LogP contribution in [-0.4, -0.2) is 28.4 Å². The lowest BCUT2D eigenvalue weighted by Crippen LogP contribution is -2.34.